The van der Waals surface area contributed by atoms with Crippen LogP contribution in [-0.2, 0) is 12.8 Å². The second-order valence-corrected chi connectivity index (χ2v) is 7.79. The Morgan fingerprint density at radius 2 is 1.87 bits per heavy atom. The smallest absolute Gasteiger partial charge is 0.0142 e. The molecule has 0 bridgehead atoms. The molecule has 0 heterocycles. The SMILES string of the molecule is CCc1cc2c3c(c4cc(I)cc5cccc(c3c1)c54)=CCC2. The number of halogens is 1. The van der Waals surface area contributed by atoms with E-state index in [2.05, 4.69) is 78.1 Å². The molecule has 4 aromatic carbocycles. The van der Waals surface area contributed by atoms with Gasteiger partial charge in [0.25, 0.3) is 0 Å². The minimum Gasteiger partial charge on any atom is -0.0757 e. The van der Waals surface area contributed by atoms with Gasteiger partial charge in [-0.05, 0) is 103 Å². The van der Waals surface area contributed by atoms with Gasteiger partial charge in [-0.15, -0.1) is 0 Å². The summed E-state index contributed by atoms with van der Waals surface area (Å²) >= 11 is 2.45. The molecule has 112 valence electrons. The zero-order valence-corrected chi connectivity index (χ0v) is 15.3. The fourth-order valence-corrected chi connectivity index (χ4v) is 4.89. The van der Waals surface area contributed by atoms with Gasteiger partial charge in [-0.2, -0.15) is 0 Å². The summed E-state index contributed by atoms with van der Waals surface area (Å²) < 4.78 is 1.32. The number of benzene rings is 4. The number of aryl methyl sites for hydroxylation is 2. The van der Waals surface area contributed by atoms with Crippen molar-refractivity contribution in [3.63, 3.8) is 0 Å². The van der Waals surface area contributed by atoms with Gasteiger partial charge in [0.2, 0.25) is 0 Å². The molecule has 0 saturated carbocycles. The summed E-state index contributed by atoms with van der Waals surface area (Å²) in [6.07, 6.45) is 5.89. The van der Waals surface area contributed by atoms with Crippen molar-refractivity contribution < 1.29 is 0 Å². The lowest BCUT2D eigenvalue weighted by molar-refractivity contribution is 1.02. The fourth-order valence-electron chi connectivity index (χ4n) is 4.25. The summed E-state index contributed by atoms with van der Waals surface area (Å²) in [4.78, 5) is 0. The molecule has 1 aliphatic rings. The van der Waals surface area contributed by atoms with Crippen LogP contribution in [0.2, 0.25) is 0 Å². The average Bonchev–Trinajstić information content (AvgIpc) is 2.58. The van der Waals surface area contributed by atoms with Crippen LogP contribution in [0.1, 0.15) is 24.5 Å². The van der Waals surface area contributed by atoms with E-state index >= 15 is 0 Å². The third kappa shape index (κ3) is 1.89. The van der Waals surface area contributed by atoms with E-state index in [4.69, 9.17) is 0 Å². The predicted octanol–water partition coefficient (Wildman–Crippen LogP) is 5.76. The summed E-state index contributed by atoms with van der Waals surface area (Å²) in [5.41, 5.74) is 3.00. The summed E-state index contributed by atoms with van der Waals surface area (Å²) in [5.74, 6) is 0. The topological polar surface area (TPSA) is 0 Å². The molecule has 5 rings (SSSR count). The Kier molecular flexibility index (Phi) is 2.96. The Labute approximate surface area is 149 Å². The first-order valence-corrected chi connectivity index (χ1v) is 9.43. The van der Waals surface area contributed by atoms with E-state index in [-0.39, 0.29) is 0 Å². The molecule has 0 aliphatic heterocycles. The van der Waals surface area contributed by atoms with Crippen molar-refractivity contribution in [2.75, 3.05) is 0 Å². The number of fused-ring (bicyclic) bond motifs is 2. The Morgan fingerprint density at radius 1 is 0.957 bits per heavy atom. The van der Waals surface area contributed by atoms with Crippen LogP contribution in [0.4, 0.5) is 0 Å². The van der Waals surface area contributed by atoms with Crippen molar-refractivity contribution >= 4 is 61.0 Å². The molecule has 4 aromatic rings. The monoisotopic (exact) mass is 408 g/mol. The highest BCUT2D eigenvalue weighted by atomic mass is 127. The van der Waals surface area contributed by atoms with E-state index in [1.807, 2.05) is 0 Å². The molecule has 0 amide bonds. The molecule has 0 atom stereocenters. The zero-order chi connectivity index (χ0) is 15.6. The van der Waals surface area contributed by atoms with Crippen molar-refractivity contribution in [1.82, 2.24) is 0 Å². The second-order valence-electron chi connectivity index (χ2n) is 6.54. The number of hydrogen-bond donors (Lipinski definition) is 0. The summed E-state index contributed by atoms with van der Waals surface area (Å²) in [7, 11) is 0. The van der Waals surface area contributed by atoms with Crippen LogP contribution < -0.4 is 5.22 Å². The van der Waals surface area contributed by atoms with Crippen LogP contribution in [0.15, 0.2) is 42.5 Å². The first-order chi connectivity index (χ1) is 11.3. The molecule has 0 unspecified atom stereocenters. The lowest BCUT2D eigenvalue weighted by atomic mass is 9.86. The number of hydrogen-bond acceptors (Lipinski definition) is 0. The van der Waals surface area contributed by atoms with E-state index in [1.54, 1.807) is 5.56 Å². The molecule has 0 aromatic heterocycles. The van der Waals surface area contributed by atoms with E-state index in [9.17, 15) is 0 Å². The molecular weight excluding hydrogens is 391 g/mol. The van der Waals surface area contributed by atoms with Gasteiger partial charge in [-0.25, -0.2) is 0 Å². The van der Waals surface area contributed by atoms with Gasteiger partial charge in [-0.1, -0.05) is 43.3 Å². The van der Waals surface area contributed by atoms with Gasteiger partial charge < -0.3 is 0 Å². The second kappa shape index (κ2) is 4.94. The Balaban J connectivity index is 2.19. The lowest BCUT2D eigenvalue weighted by Gasteiger charge is -2.18. The van der Waals surface area contributed by atoms with E-state index in [0.29, 0.717) is 0 Å². The van der Waals surface area contributed by atoms with Gasteiger partial charge in [0.05, 0.1) is 0 Å². The van der Waals surface area contributed by atoms with Crippen LogP contribution in [0.25, 0.3) is 38.4 Å². The highest BCUT2D eigenvalue weighted by molar-refractivity contribution is 14.1. The summed E-state index contributed by atoms with van der Waals surface area (Å²) in [6.45, 7) is 2.26. The molecular formula is C22H17I. The molecule has 1 heteroatoms. The molecule has 0 fully saturated rings. The van der Waals surface area contributed by atoms with Crippen LogP contribution in [0.3, 0.4) is 0 Å². The number of rotatable bonds is 1. The minimum atomic E-state index is 1.11. The van der Waals surface area contributed by atoms with E-state index in [0.717, 1.165) is 12.8 Å². The molecule has 1 aliphatic carbocycles. The van der Waals surface area contributed by atoms with Crippen molar-refractivity contribution in [3.8, 4) is 0 Å². The first kappa shape index (κ1) is 13.8. The van der Waals surface area contributed by atoms with Crippen molar-refractivity contribution in [1.29, 1.82) is 0 Å². The van der Waals surface area contributed by atoms with Crippen LogP contribution in [0, 0.1) is 3.57 Å². The maximum atomic E-state index is 2.46. The average molecular weight is 408 g/mol. The highest BCUT2D eigenvalue weighted by Crippen LogP contribution is 2.35. The quantitative estimate of drug-likeness (QED) is 0.214. The van der Waals surface area contributed by atoms with E-state index in [1.165, 1.54) is 53.1 Å². The van der Waals surface area contributed by atoms with Gasteiger partial charge in [0.15, 0.2) is 0 Å². The van der Waals surface area contributed by atoms with Gasteiger partial charge in [0.1, 0.15) is 0 Å². The van der Waals surface area contributed by atoms with Crippen LogP contribution >= 0.6 is 22.6 Å². The highest BCUT2D eigenvalue weighted by Gasteiger charge is 2.15. The summed E-state index contributed by atoms with van der Waals surface area (Å²) in [5, 5.41) is 10.1. The van der Waals surface area contributed by atoms with Crippen LogP contribution in [0.5, 0.6) is 0 Å². The van der Waals surface area contributed by atoms with Crippen molar-refractivity contribution in [3.05, 3.63) is 62.4 Å². The minimum absolute atomic E-state index is 1.11. The third-order valence-corrected chi connectivity index (χ3v) is 5.86. The van der Waals surface area contributed by atoms with Gasteiger partial charge in [-0.3, -0.25) is 0 Å². The zero-order valence-electron chi connectivity index (χ0n) is 13.1. The Hall–Kier alpha value is -1.61. The molecule has 0 spiro atoms. The normalized spacial score (nSPS) is 13.8. The molecule has 0 N–H and O–H groups in total. The lowest BCUT2D eigenvalue weighted by Crippen LogP contribution is -2.12. The maximum absolute atomic E-state index is 2.46. The van der Waals surface area contributed by atoms with Crippen molar-refractivity contribution in [2.24, 2.45) is 0 Å². The Morgan fingerprint density at radius 3 is 2.74 bits per heavy atom. The molecule has 0 radical (unpaired) electrons. The van der Waals surface area contributed by atoms with Gasteiger partial charge in [0, 0.05) is 3.57 Å². The largest absolute Gasteiger partial charge is 0.0757 e. The Bertz CT molecular complexity index is 1150. The fraction of sp³-hybridized carbons (Fsp3) is 0.182. The maximum Gasteiger partial charge on any atom is 0.0142 e. The molecule has 0 nitrogen and oxygen atoms in total. The predicted molar refractivity (Wildman–Crippen MR) is 109 cm³/mol. The molecule has 0 saturated heterocycles. The first-order valence-electron chi connectivity index (χ1n) is 8.35. The van der Waals surface area contributed by atoms with Gasteiger partial charge >= 0.3 is 0 Å². The van der Waals surface area contributed by atoms with Crippen molar-refractivity contribution in [2.45, 2.75) is 26.2 Å². The third-order valence-electron chi connectivity index (χ3n) is 5.24. The van der Waals surface area contributed by atoms with Crippen LogP contribution in [-0.4, -0.2) is 0 Å². The summed E-state index contributed by atoms with van der Waals surface area (Å²) in [6, 6.07) is 16.3. The molecule has 23 heavy (non-hydrogen) atoms. The standard InChI is InChI=1S/C22H17I/c1-2-13-9-14-5-3-8-18-20-12-16(23)11-15-6-4-7-17(22(15)20)19(10-13)21(14)18/h4,6-12H,2-3,5H2,1H3. The van der Waals surface area contributed by atoms with E-state index < -0.39 is 0 Å².